The number of anilines is 1. The molecule has 0 spiro atoms. The molecule has 1 unspecified atom stereocenters. The molecule has 0 bridgehead atoms. The number of hydrogen-bond acceptors (Lipinski definition) is 6. The highest BCUT2D eigenvalue weighted by atomic mass is 32.1. The van der Waals surface area contributed by atoms with Crippen LogP contribution in [0.15, 0.2) is 0 Å². The lowest BCUT2D eigenvalue weighted by molar-refractivity contribution is -0.123. The third kappa shape index (κ3) is 3.17. The highest BCUT2D eigenvalue weighted by Gasteiger charge is 2.25. The van der Waals surface area contributed by atoms with Crippen LogP contribution >= 0.6 is 11.5 Å². The van der Waals surface area contributed by atoms with E-state index in [1.807, 2.05) is 6.92 Å². The van der Waals surface area contributed by atoms with Crippen LogP contribution in [0.5, 0.6) is 0 Å². The van der Waals surface area contributed by atoms with Crippen LogP contribution in [0.25, 0.3) is 0 Å². The Kier molecular flexibility index (Phi) is 4.48. The summed E-state index contributed by atoms with van der Waals surface area (Å²) in [4.78, 5) is 13.5. The SMILES string of the molecule is CCNc1snnc1CN1CCCC(C(N)=O)C1. The molecule has 1 aromatic rings. The van der Waals surface area contributed by atoms with E-state index >= 15 is 0 Å². The summed E-state index contributed by atoms with van der Waals surface area (Å²) in [7, 11) is 0. The number of primary amides is 1. The van der Waals surface area contributed by atoms with Gasteiger partial charge >= 0.3 is 0 Å². The van der Waals surface area contributed by atoms with Gasteiger partial charge in [-0.15, -0.1) is 5.10 Å². The Balaban J connectivity index is 1.96. The van der Waals surface area contributed by atoms with E-state index in [0.717, 1.165) is 49.7 Å². The van der Waals surface area contributed by atoms with Crippen molar-refractivity contribution in [3.63, 3.8) is 0 Å². The van der Waals surface area contributed by atoms with Crippen LogP contribution in [-0.2, 0) is 11.3 Å². The molecule has 1 atom stereocenters. The number of nitrogens with zero attached hydrogens (tertiary/aromatic N) is 3. The highest BCUT2D eigenvalue weighted by molar-refractivity contribution is 7.10. The van der Waals surface area contributed by atoms with Crippen molar-refractivity contribution >= 4 is 22.4 Å². The lowest BCUT2D eigenvalue weighted by atomic mass is 9.97. The van der Waals surface area contributed by atoms with Crippen LogP contribution in [0.1, 0.15) is 25.5 Å². The number of rotatable bonds is 5. The molecule has 7 heteroatoms. The molecule has 1 aliphatic heterocycles. The lowest BCUT2D eigenvalue weighted by Gasteiger charge is -2.30. The summed E-state index contributed by atoms with van der Waals surface area (Å²) in [6.45, 7) is 5.38. The van der Waals surface area contributed by atoms with Crippen LogP contribution in [-0.4, -0.2) is 40.0 Å². The van der Waals surface area contributed by atoms with Gasteiger partial charge in [0.1, 0.15) is 10.7 Å². The summed E-state index contributed by atoms with van der Waals surface area (Å²) in [6, 6.07) is 0. The van der Waals surface area contributed by atoms with E-state index in [4.69, 9.17) is 5.73 Å². The van der Waals surface area contributed by atoms with Crippen molar-refractivity contribution in [3.8, 4) is 0 Å². The average molecular weight is 269 g/mol. The predicted molar refractivity (Wildman–Crippen MR) is 71.3 cm³/mol. The van der Waals surface area contributed by atoms with E-state index in [-0.39, 0.29) is 11.8 Å². The number of likely N-dealkylation sites (tertiary alicyclic amines) is 1. The Morgan fingerprint density at radius 2 is 2.50 bits per heavy atom. The van der Waals surface area contributed by atoms with Crippen LogP contribution in [0.4, 0.5) is 5.00 Å². The Morgan fingerprint density at radius 3 is 3.22 bits per heavy atom. The number of nitrogens with two attached hydrogens (primary N) is 1. The molecule has 0 aliphatic carbocycles. The molecule has 18 heavy (non-hydrogen) atoms. The second kappa shape index (κ2) is 6.10. The number of nitrogens with one attached hydrogen (secondary N) is 1. The van der Waals surface area contributed by atoms with Gasteiger partial charge in [0.05, 0.1) is 5.92 Å². The maximum absolute atomic E-state index is 11.2. The number of hydrogen-bond donors (Lipinski definition) is 2. The van der Waals surface area contributed by atoms with Gasteiger partial charge in [-0.1, -0.05) is 4.49 Å². The maximum atomic E-state index is 11.2. The first-order chi connectivity index (χ1) is 8.70. The van der Waals surface area contributed by atoms with Gasteiger partial charge in [0, 0.05) is 31.2 Å². The molecule has 2 heterocycles. The molecule has 0 radical (unpaired) electrons. The Morgan fingerprint density at radius 1 is 1.67 bits per heavy atom. The van der Waals surface area contributed by atoms with Crippen molar-refractivity contribution in [2.45, 2.75) is 26.3 Å². The third-order valence-electron chi connectivity index (χ3n) is 3.17. The summed E-state index contributed by atoms with van der Waals surface area (Å²) in [5.74, 6) is -0.212. The van der Waals surface area contributed by atoms with Gasteiger partial charge in [-0.2, -0.15) is 0 Å². The minimum Gasteiger partial charge on any atom is -0.374 e. The van der Waals surface area contributed by atoms with E-state index in [2.05, 4.69) is 19.8 Å². The first kappa shape index (κ1) is 13.2. The largest absolute Gasteiger partial charge is 0.374 e. The molecule has 1 amide bonds. The quantitative estimate of drug-likeness (QED) is 0.820. The van der Waals surface area contributed by atoms with E-state index in [9.17, 15) is 4.79 Å². The number of carbonyl (C=O) groups excluding carboxylic acids is 1. The lowest BCUT2D eigenvalue weighted by Crippen LogP contribution is -2.40. The van der Waals surface area contributed by atoms with Crippen LogP contribution in [0.2, 0.25) is 0 Å². The van der Waals surface area contributed by atoms with Crippen molar-refractivity contribution in [2.24, 2.45) is 11.7 Å². The van der Waals surface area contributed by atoms with Crippen molar-refractivity contribution in [2.75, 3.05) is 25.0 Å². The number of amides is 1. The summed E-state index contributed by atoms with van der Waals surface area (Å²) in [5.41, 5.74) is 6.34. The molecule has 1 aromatic heterocycles. The van der Waals surface area contributed by atoms with Crippen molar-refractivity contribution in [1.82, 2.24) is 14.5 Å². The zero-order valence-corrected chi connectivity index (χ0v) is 11.4. The second-order valence-electron chi connectivity index (χ2n) is 4.56. The summed E-state index contributed by atoms with van der Waals surface area (Å²) in [5, 5.41) is 8.43. The zero-order chi connectivity index (χ0) is 13.0. The summed E-state index contributed by atoms with van der Waals surface area (Å²) in [6.07, 6.45) is 1.92. The number of piperidine rings is 1. The first-order valence-corrected chi connectivity index (χ1v) is 7.04. The van der Waals surface area contributed by atoms with Crippen LogP contribution in [0.3, 0.4) is 0 Å². The molecule has 1 aliphatic rings. The van der Waals surface area contributed by atoms with Crippen LogP contribution in [0, 0.1) is 5.92 Å². The average Bonchev–Trinajstić information content (AvgIpc) is 2.77. The Labute approximate surface area is 111 Å². The minimum atomic E-state index is -0.192. The van der Waals surface area contributed by atoms with Gasteiger partial charge in [0.15, 0.2) is 0 Å². The molecular weight excluding hydrogens is 250 g/mol. The van der Waals surface area contributed by atoms with Gasteiger partial charge in [0.25, 0.3) is 0 Å². The fourth-order valence-corrected chi connectivity index (χ4v) is 2.89. The topological polar surface area (TPSA) is 84.1 Å². The number of carbonyl (C=O) groups is 1. The molecule has 6 nitrogen and oxygen atoms in total. The summed E-state index contributed by atoms with van der Waals surface area (Å²) >= 11 is 1.38. The molecule has 2 rings (SSSR count). The Hall–Kier alpha value is -1.21. The fourth-order valence-electron chi connectivity index (χ4n) is 2.25. The Bertz CT molecular complexity index is 408. The second-order valence-corrected chi connectivity index (χ2v) is 5.31. The molecule has 1 saturated heterocycles. The van der Waals surface area contributed by atoms with Gasteiger partial charge in [-0.3, -0.25) is 9.69 Å². The van der Waals surface area contributed by atoms with Gasteiger partial charge in [-0.05, 0) is 26.3 Å². The van der Waals surface area contributed by atoms with E-state index in [1.54, 1.807) is 0 Å². The number of aromatic nitrogens is 2. The van der Waals surface area contributed by atoms with E-state index in [0.29, 0.717) is 0 Å². The molecule has 3 N–H and O–H groups in total. The van der Waals surface area contributed by atoms with E-state index < -0.39 is 0 Å². The zero-order valence-electron chi connectivity index (χ0n) is 10.6. The van der Waals surface area contributed by atoms with Crippen LogP contribution < -0.4 is 11.1 Å². The molecule has 0 saturated carbocycles. The smallest absolute Gasteiger partial charge is 0.221 e. The normalized spacial score (nSPS) is 20.8. The van der Waals surface area contributed by atoms with E-state index in [1.165, 1.54) is 11.5 Å². The highest BCUT2D eigenvalue weighted by Crippen LogP contribution is 2.22. The van der Waals surface area contributed by atoms with Crippen molar-refractivity contribution in [1.29, 1.82) is 0 Å². The summed E-state index contributed by atoms with van der Waals surface area (Å²) < 4.78 is 3.97. The minimum absolute atomic E-state index is 0.0204. The monoisotopic (exact) mass is 269 g/mol. The van der Waals surface area contributed by atoms with Crippen molar-refractivity contribution < 1.29 is 4.79 Å². The predicted octanol–water partition coefficient (Wildman–Crippen LogP) is 0.667. The molecule has 100 valence electrons. The first-order valence-electron chi connectivity index (χ1n) is 6.27. The molecular formula is C11H19N5OS. The molecule has 0 aromatic carbocycles. The van der Waals surface area contributed by atoms with Gasteiger partial charge in [-0.25, -0.2) is 0 Å². The molecule has 1 fully saturated rings. The third-order valence-corrected chi connectivity index (χ3v) is 3.90. The standard InChI is InChI=1S/C11H19N5OS/c1-2-13-11-9(14-15-18-11)7-16-5-3-4-8(6-16)10(12)17/h8,13H,2-7H2,1H3,(H2,12,17). The van der Waals surface area contributed by atoms with Gasteiger partial charge in [0.2, 0.25) is 5.91 Å². The van der Waals surface area contributed by atoms with Gasteiger partial charge < -0.3 is 11.1 Å². The fraction of sp³-hybridized carbons (Fsp3) is 0.727. The maximum Gasteiger partial charge on any atom is 0.221 e. The van der Waals surface area contributed by atoms with Crippen molar-refractivity contribution in [3.05, 3.63) is 5.69 Å².